The SMILES string of the molecule is CNC(=O)[C@H](Cc1ccccc1)N(Cc1ccc(Br)cc1)C(=O)CN(c1cc(C)ccc1C)S(C)(=O)=O. The summed E-state index contributed by atoms with van der Waals surface area (Å²) < 4.78 is 27.8. The number of carbonyl (C=O) groups is 2. The van der Waals surface area contributed by atoms with Gasteiger partial charge in [0.05, 0.1) is 11.9 Å². The number of hydrogen-bond donors (Lipinski definition) is 1. The van der Waals surface area contributed by atoms with E-state index in [1.165, 1.54) is 11.9 Å². The van der Waals surface area contributed by atoms with Crippen molar-refractivity contribution in [3.8, 4) is 0 Å². The van der Waals surface area contributed by atoms with Crippen LogP contribution in [0.15, 0.2) is 77.3 Å². The molecule has 7 nitrogen and oxygen atoms in total. The van der Waals surface area contributed by atoms with E-state index in [4.69, 9.17) is 0 Å². The smallest absolute Gasteiger partial charge is 0.244 e. The molecule has 0 aliphatic rings. The number of sulfonamides is 1. The Morgan fingerprint density at radius 3 is 2.19 bits per heavy atom. The number of aryl methyl sites for hydroxylation is 2. The largest absolute Gasteiger partial charge is 0.357 e. The number of hydrogen-bond acceptors (Lipinski definition) is 4. The summed E-state index contributed by atoms with van der Waals surface area (Å²) >= 11 is 3.42. The first-order chi connectivity index (χ1) is 17.5. The molecular weight excluding hydrogens is 554 g/mol. The zero-order valence-corrected chi connectivity index (χ0v) is 23.8. The molecule has 1 atom stereocenters. The molecule has 2 amide bonds. The van der Waals surface area contributed by atoms with Crippen molar-refractivity contribution in [1.82, 2.24) is 10.2 Å². The van der Waals surface area contributed by atoms with Gasteiger partial charge in [0.2, 0.25) is 21.8 Å². The maximum atomic E-state index is 13.9. The van der Waals surface area contributed by atoms with Crippen molar-refractivity contribution >= 4 is 43.5 Å². The maximum Gasteiger partial charge on any atom is 0.244 e. The molecule has 0 aromatic heterocycles. The van der Waals surface area contributed by atoms with Crippen LogP contribution in [0.2, 0.25) is 0 Å². The van der Waals surface area contributed by atoms with E-state index in [1.54, 1.807) is 13.0 Å². The normalized spacial score (nSPS) is 12.0. The Balaban J connectivity index is 2.04. The number of likely N-dealkylation sites (N-methyl/N-ethyl adjacent to an activating group) is 1. The van der Waals surface area contributed by atoms with Gasteiger partial charge >= 0.3 is 0 Å². The molecular formula is C28H32BrN3O4S. The highest BCUT2D eigenvalue weighted by Crippen LogP contribution is 2.25. The summed E-state index contributed by atoms with van der Waals surface area (Å²) in [6.45, 7) is 3.38. The summed E-state index contributed by atoms with van der Waals surface area (Å²) in [5.74, 6) is -0.800. The number of anilines is 1. The summed E-state index contributed by atoms with van der Waals surface area (Å²) in [7, 11) is -2.27. The van der Waals surface area contributed by atoms with E-state index < -0.39 is 28.5 Å². The quantitative estimate of drug-likeness (QED) is 0.386. The lowest BCUT2D eigenvalue weighted by molar-refractivity contribution is -0.139. The highest BCUT2D eigenvalue weighted by Gasteiger charge is 2.33. The lowest BCUT2D eigenvalue weighted by Crippen LogP contribution is -2.53. The minimum absolute atomic E-state index is 0.140. The first-order valence-corrected chi connectivity index (χ1v) is 14.5. The van der Waals surface area contributed by atoms with Crippen LogP contribution >= 0.6 is 15.9 Å². The van der Waals surface area contributed by atoms with E-state index in [0.717, 1.165) is 37.3 Å². The van der Waals surface area contributed by atoms with Crippen LogP contribution in [0.3, 0.4) is 0 Å². The molecule has 0 radical (unpaired) electrons. The van der Waals surface area contributed by atoms with Gasteiger partial charge in [0, 0.05) is 24.5 Å². The van der Waals surface area contributed by atoms with E-state index in [1.807, 2.05) is 73.7 Å². The molecule has 3 aromatic carbocycles. The van der Waals surface area contributed by atoms with Gasteiger partial charge in [-0.25, -0.2) is 8.42 Å². The number of halogens is 1. The van der Waals surface area contributed by atoms with E-state index in [9.17, 15) is 18.0 Å². The summed E-state index contributed by atoms with van der Waals surface area (Å²) in [5.41, 5.74) is 3.76. The van der Waals surface area contributed by atoms with Crippen molar-refractivity contribution in [1.29, 1.82) is 0 Å². The molecule has 0 fully saturated rings. The van der Waals surface area contributed by atoms with Gasteiger partial charge in [0.15, 0.2) is 0 Å². The van der Waals surface area contributed by atoms with E-state index in [0.29, 0.717) is 5.69 Å². The zero-order chi connectivity index (χ0) is 27.2. The van der Waals surface area contributed by atoms with Gasteiger partial charge < -0.3 is 10.2 Å². The fourth-order valence-corrected chi connectivity index (χ4v) is 5.25. The molecule has 0 aliphatic heterocycles. The molecule has 0 unspecified atom stereocenters. The molecule has 0 saturated carbocycles. The monoisotopic (exact) mass is 585 g/mol. The van der Waals surface area contributed by atoms with Crippen molar-refractivity contribution in [2.24, 2.45) is 0 Å². The molecule has 37 heavy (non-hydrogen) atoms. The molecule has 0 heterocycles. The summed E-state index contributed by atoms with van der Waals surface area (Å²) in [6, 6.07) is 21.5. The van der Waals surface area contributed by atoms with Gasteiger partial charge in [-0.2, -0.15) is 0 Å². The summed E-state index contributed by atoms with van der Waals surface area (Å²) in [6.07, 6.45) is 1.37. The number of amides is 2. The van der Waals surface area contributed by atoms with E-state index in [2.05, 4.69) is 21.2 Å². The van der Waals surface area contributed by atoms with Crippen LogP contribution in [0.4, 0.5) is 5.69 Å². The Bertz CT molecular complexity index is 1350. The molecule has 0 bridgehead atoms. The maximum absolute atomic E-state index is 13.9. The molecule has 0 saturated heterocycles. The predicted octanol–water partition coefficient (Wildman–Crippen LogP) is 4.22. The molecule has 0 aliphatic carbocycles. The van der Waals surface area contributed by atoms with E-state index in [-0.39, 0.29) is 18.9 Å². The van der Waals surface area contributed by atoms with Gasteiger partial charge in [0.25, 0.3) is 0 Å². The topological polar surface area (TPSA) is 86.8 Å². The Morgan fingerprint density at radius 1 is 0.946 bits per heavy atom. The molecule has 1 N–H and O–H groups in total. The van der Waals surface area contributed by atoms with Crippen LogP contribution in [-0.2, 0) is 32.6 Å². The third-order valence-corrected chi connectivity index (χ3v) is 7.75. The second kappa shape index (κ2) is 12.4. The molecule has 9 heteroatoms. The van der Waals surface area contributed by atoms with Crippen molar-refractivity contribution in [3.05, 3.63) is 99.5 Å². The molecule has 0 spiro atoms. The number of benzene rings is 3. The number of rotatable bonds is 10. The van der Waals surface area contributed by atoms with Crippen LogP contribution < -0.4 is 9.62 Å². The van der Waals surface area contributed by atoms with Crippen LogP contribution in [0, 0.1) is 13.8 Å². The standard InChI is InChI=1S/C28H32BrN3O4S/c1-20-10-11-21(2)25(16-20)32(37(4,35)36)19-27(33)31(18-23-12-14-24(29)15-13-23)26(28(34)30-3)17-22-8-6-5-7-9-22/h5-16,26H,17-19H2,1-4H3,(H,30,34)/t26-/m0/s1. The van der Waals surface area contributed by atoms with Gasteiger partial charge in [-0.1, -0.05) is 70.5 Å². The average molecular weight is 587 g/mol. The van der Waals surface area contributed by atoms with Crippen LogP contribution in [-0.4, -0.2) is 51.0 Å². The van der Waals surface area contributed by atoms with Crippen LogP contribution in [0.1, 0.15) is 22.3 Å². The molecule has 3 aromatic rings. The summed E-state index contributed by atoms with van der Waals surface area (Å²) in [4.78, 5) is 28.5. The molecule has 3 rings (SSSR count). The Morgan fingerprint density at radius 2 is 1.59 bits per heavy atom. The minimum atomic E-state index is -3.80. The Labute approximate surface area is 227 Å². The third-order valence-electron chi connectivity index (χ3n) is 6.10. The molecule has 196 valence electrons. The minimum Gasteiger partial charge on any atom is -0.357 e. The first-order valence-electron chi connectivity index (χ1n) is 11.8. The Kier molecular flexibility index (Phi) is 9.50. The lowest BCUT2D eigenvalue weighted by atomic mass is 10.0. The first kappa shape index (κ1) is 28.4. The number of nitrogens with one attached hydrogen (secondary N) is 1. The fourth-order valence-electron chi connectivity index (χ4n) is 4.09. The fraction of sp³-hybridized carbons (Fsp3) is 0.286. The van der Waals surface area contributed by atoms with Crippen LogP contribution in [0.25, 0.3) is 0 Å². The number of carbonyl (C=O) groups excluding carboxylic acids is 2. The Hall–Kier alpha value is -3.17. The van der Waals surface area contributed by atoms with Crippen molar-refractivity contribution in [2.75, 3.05) is 24.2 Å². The van der Waals surface area contributed by atoms with Gasteiger partial charge in [-0.15, -0.1) is 0 Å². The highest BCUT2D eigenvalue weighted by atomic mass is 79.9. The van der Waals surface area contributed by atoms with Gasteiger partial charge in [-0.05, 0) is 54.3 Å². The lowest BCUT2D eigenvalue weighted by Gasteiger charge is -2.33. The summed E-state index contributed by atoms with van der Waals surface area (Å²) in [5, 5.41) is 2.68. The van der Waals surface area contributed by atoms with Gasteiger partial charge in [-0.3, -0.25) is 13.9 Å². The zero-order valence-electron chi connectivity index (χ0n) is 21.4. The predicted molar refractivity (Wildman–Crippen MR) is 151 cm³/mol. The average Bonchev–Trinajstić information content (AvgIpc) is 2.86. The van der Waals surface area contributed by atoms with Crippen molar-refractivity contribution < 1.29 is 18.0 Å². The second-order valence-corrected chi connectivity index (χ2v) is 11.8. The highest BCUT2D eigenvalue weighted by molar-refractivity contribution is 9.10. The van der Waals surface area contributed by atoms with Gasteiger partial charge in [0.1, 0.15) is 12.6 Å². The van der Waals surface area contributed by atoms with Crippen molar-refractivity contribution in [2.45, 2.75) is 32.9 Å². The van der Waals surface area contributed by atoms with Crippen LogP contribution in [0.5, 0.6) is 0 Å². The van der Waals surface area contributed by atoms with E-state index >= 15 is 0 Å². The van der Waals surface area contributed by atoms with Crippen molar-refractivity contribution in [3.63, 3.8) is 0 Å². The second-order valence-electron chi connectivity index (χ2n) is 9.03. The number of nitrogens with zero attached hydrogens (tertiary/aromatic N) is 2. The third kappa shape index (κ3) is 7.66.